The van der Waals surface area contributed by atoms with Crippen molar-refractivity contribution in [2.24, 2.45) is 5.73 Å². The Morgan fingerprint density at radius 1 is 1.35 bits per heavy atom. The molecule has 2 rings (SSSR count). The van der Waals surface area contributed by atoms with Crippen LogP contribution in [-0.2, 0) is 0 Å². The van der Waals surface area contributed by atoms with E-state index >= 15 is 0 Å². The largest absolute Gasteiger partial charge is 0.494 e. The maximum absolute atomic E-state index is 13.5. The fraction of sp³-hybridized carbons (Fsp3) is 0.167. The zero-order valence-corrected chi connectivity index (χ0v) is 10.7. The summed E-state index contributed by atoms with van der Waals surface area (Å²) in [6, 6.07) is 7.96. The van der Waals surface area contributed by atoms with E-state index in [2.05, 4.69) is 0 Å². The van der Waals surface area contributed by atoms with Crippen LogP contribution in [0.25, 0.3) is 0 Å². The lowest BCUT2D eigenvalue weighted by atomic mass is 10.1. The van der Waals surface area contributed by atoms with Crippen LogP contribution in [0.1, 0.15) is 16.5 Å². The third-order valence-electron chi connectivity index (χ3n) is 2.44. The molecule has 0 amide bonds. The van der Waals surface area contributed by atoms with E-state index < -0.39 is 5.82 Å². The summed E-state index contributed by atoms with van der Waals surface area (Å²) < 4.78 is 19.1. The summed E-state index contributed by atoms with van der Waals surface area (Å²) in [5.41, 5.74) is 6.73. The van der Waals surface area contributed by atoms with E-state index in [1.165, 1.54) is 24.5 Å². The molecule has 0 radical (unpaired) electrons. The van der Waals surface area contributed by atoms with Crippen LogP contribution in [0.5, 0.6) is 5.75 Å². The first-order valence-electron chi connectivity index (χ1n) is 4.96. The van der Waals surface area contributed by atoms with Gasteiger partial charge < -0.3 is 10.5 Å². The van der Waals surface area contributed by atoms with Gasteiger partial charge in [0, 0.05) is 4.88 Å². The first-order valence-corrected chi connectivity index (χ1v) is 6.15. The van der Waals surface area contributed by atoms with E-state index in [0.29, 0.717) is 9.90 Å². The van der Waals surface area contributed by atoms with Crippen LogP contribution in [0.15, 0.2) is 30.3 Å². The van der Waals surface area contributed by atoms with Crippen molar-refractivity contribution in [3.8, 4) is 5.75 Å². The molecule has 1 aromatic carbocycles. The van der Waals surface area contributed by atoms with Crippen molar-refractivity contribution in [3.05, 3.63) is 50.9 Å². The average Bonchev–Trinajstić information content (AvgIpc) is 2.75. The molecule has 90 valence electrons. The van der Waals surface area contributed by atoms with Gasteiger partial charge in [0.25, 0.3) is 0 Å². The molecular formula is C12H11ClFNOS. The van der Waals surface area contributed by atoms with Gasteiger partial charge in [-0.2, -0.15) is 0 Å². The normalized spacial score (nSPS) is 12.5. The Kier molecular flexibility index (Phi) is 3.66. The lowest BCUT2D eigenvalue weighted by Crippen LogP contribution is -2.10. The standard InChI is InChI=1S/C12H11ClFNOS/c1-16-9-3-2-7(6-8(9)14)12(15)10-4-5-11(13)17-10/h2-6,12H,15H2,1H3. The third-order valence-corrected chi connectivity index (χ3v) is 3.75. The molecule has 0 bridgehead atoms. The minimum absolute atomic E-state index is 0.213. The molecule has 2 N–H and O–H groups in total. The van der Waals surface area contributed by atoms with Gasteiger partial charge in [-0.25, -0.2) is 4.39 Å². The molecule has 17 heavy (non-hydrogen) atoms. The summed E-state index contributed by atoms with van der Waals surface area (Å²) >= 11 is 7.23. The predicted octanol–water partition coefficient (Wildman–Crippen LogP) is 3.60. The quantitative estimate of drug-likeness (QED) is 0.926. The monoisotopic (exact) mass is 271 g/mol. The van der Waals surface area contributed by atoms with Crippen molar-refractivity contribution in [1.29, 1.82) is 0 Å². The number of rotatable bonds is 3. The van der Waals surface area contributed by atoms with Crippen LogP contribution < -0.4 is 10.5 Å². The van der Waals surface area contributed by atoms with Gasteiger partial charge in [0.2, 0.25) is 0 Å². The van der Waals surface area contributed by atoms with Crippen molar-refractivity contribution >= 4 is 22.9 Å². The minimum atomic E-state index is -0.414. The van der Waals surface area contributed by atoms with Crippen LogP contribution in [0, 0.1) is 5.82 Å². The van der Waals surface area contributed by atoms with Gasteiger partial charge in [-0.15, -0.1) is 11.3 Å². The first-order chi connectivity index (χ1) is 8.11. The van der Waals surface area contributed by atoms with Crippen molar-refractivity contribution in [2.45, 2.75) is 6.04 Å². The summed E-state index contributed by atoms with van der Waals surface area (Å²) in [4.78, 5) is 0.902. The van der Waals surface area contributed by atoms with E-state index in [0.717, 1.165) is 4.88 Å². The predicted molar refractivity (Wildman–Crippen MR) is 68.3 cm³/mol. The second kappa shape index (κ2) is 5.04. The maximum Gasteiger partial charge on any atom is 0.165 e. The molecular weight excluding hydrogens is 261 g/mol. The van der Waals surface area contributed by atoms with Crippen LogP contribution in [0.2, 0.25) is 4.34 Å². The summed E-state index contributed by atoms with van der Waals surface area (Å²) in [6.07, 6.45) is 0. The maximum atomic E-state index is 13.5. The van der Waals surface area contributed by atoms with Gasteiger partial charge >= 0.3 is 0 Å². The molecule has 1 heterocycles. The Morgan fingerprint density at radius 3 is 2.65 bits per heavy atom. The van der Waals surface area contributed by atoms with E-state index in [4.69, 9.17) is 22.1 Å². The van der Waals surface area contributed by atoms with Gasteiger partial charge in [-0.3, -0.25) is 0 Å². The second-order valence-corrected chi connectivity index (χ2v) is 5.26. The van der Waals surface area contributed by atoms with Gasteiger partial charge in [0.15, 0.2) is 11.6 Å². The van der Waals surface area contributed by atoms with Crippen LogP contribution >= 0.6 is 22.9 Å². The smallest absolute Gasteiger partial charge is 0.165 e. The van der Waals surface area contributed by atoms with Gasteiger partial charge in [0.1, 0.15) is 0 Å². The highest BCUT2D eigenvalue weighted by atomic mass is 35.5. The first kappa shape index (κ1) is 12.4. The number of halogens is 2. The Labute approximate surface area is 108 Å². The highest BCUT2D eigenvalue weighted by molar-refractivity contribution is 7.16. The SMILES string of the molecule is COc1ccc(C(N)c2ccc(Cl)s2)cc1F. The summed E-state index contributed by atoms with van der Waals surface area (Å²) in [7, 11) is 1.43. The van der Waals surface area contributed by atoms with Crippen LogP contribution in [-0.4, -0.2) is 7.11 Å². The zero-order chi connectivity index (χ0) is 12.4. The van der Waals surface area contributed by atoms with E-state index in [1.54, 1.807) is 18.2 Å². The molecule has 0 saturated carbocycles. The number of methoxy groups -OCH3 is 1. The molecule has 1 aromatic heterocycles. The lowest BCUT2D eigenvalue weighted by Gasteiger charge is -2.11. The molecule has 5 heteroatoms. The number of thiophene rings is 1. The van der Waals surface area contributed by atoms with Crippen LogP contribution in [0.4, 0.5) is 4.39 Å². The summed E-state index contributed by atoms with van der Waals surface area (Å²) in [5.74, 6) is -0.201. The molecule has 1 atom stereocenters. The molecule has 1 unspecified atom stereocenters. The number of ether oxygens (including phenoxy) is 1. The zero-order valence-electron chi connectivity index (χ0n) is 9.11. The molecule has 0 spiro atoms. The van der Waals surface area contributed by atoms with Crippen molar-refractivity contribution < 1.29 is 9.13 Å². The molecule has 2 aromatic rings. The average molecular weight is 272 g/mol. The highest BCUT2D eigenvalue weighted by Gasteiger charge is 2.13. The Balaban J connectivity index is 2.31. The van der Waals surface area contributed by atoms with Crippen molar-refractivity contribution in [2.75, 3.05) is 7.11 Å². The van der Waals surface area contributed by atoms with E-state index in [1.807, 2.05) is 6.07 Å². The topological polar surface area (TPSA) is 35.2 Å². The molecule has 0 fully saturated rings. The van der Waals surface area contributed by atoms with Crippen LogP contribution in [0.3, 0.4) is 0 Å². The summed E-state index contributed by atoms with van der Waals surface area (Å²) in [5, 5.41) is 0. The van der Waals surface area contributed by atoms with E-state index in [9.17, 15) is 4.39 Å². The third kappa shape index (κ3) is 2.60. The van der Waals surface area contributed by atoms with Crippen molar-refractivity contribution in [3.63, 3.8) is 0 Å². The summed E-state index contributed by atoms with van der Waals surface area (Å²) in [6.45, 7) is 0. The Hall–Kier alpha value is -1.10. The molecule has 0 aliphatic rings. The molecule has 2 nitrogen and oxygen atoms in total. The number of nitrogens with two attached hydrogens (primary N) is 1. The van der Waals surface area contributed by atoms with Gasteiger partial charge in [-0.1, -0.05) is 17.7 Å². The molecule has 0 aliphatic heterocycles. The Bertz CT molecular complexity index is 529. The Morgan fingerprint density at radius 2 is 2.12 bits per heavy atom. The minimum Gasteiger partial charge on any atom is -0.494 e. The lowest BCUT2D eigenvalue weighted by molar-refractivity contribution is 0.386. The van der Waals surface area contributed by atoms with Gasteiger partial charge in [-0.05, 0) is 29.8 Å². The number of hydrogen-bond acceptors (Lipinski definition) is 3. The number of benzene rings is 1. The number of hydrogen-bond donors (Lipinski definition) is 1. The van der Waals surface area contributed by atoms with Gasteiger partial charge in [0.05, 0.1) is 17.5 Å². The molecule has 0 aliphatic carbocycles. The second-order valence-electron chi connectivity index (χ2n) is 3.51. The fourth-order valence-electron chi connectivity index (χ4n) is 1.54. The van der Waals surface area contributed by atoms with E-state index in [-0.39, 0.29) is 11.8 Å². The molecule has 0 saturated heterocycles. The van der Waals surface area contributed by atoms with Crippen molar-refractivity contribution in [1.82, 2.24) is 0 Å². The highest BCUT2D eigenvalue weighted by Crippen LogP contribution is 2.30. The fourth-order valence-corrected chi connectivity index (χ4v) is 2.63.